The highest BCUT2D eigenvalue weighted by Gasteiger charge is 2.11. The molecule has 0 aliphatic carbocycles. The van der Waals surface area contributed by atoms with Crippen LogP contribution in [0, 0.1) is 0 Å². The minimum atomic E-state index is 0.484. The summed E-state index contributed by atoms with van der Waals surface area (Å²) in [4.78, 5) is 9.26. The maximum absolute atomic E-state index is 4.78. The van der Waals surface area contributed by atoms with Gasteiger partial charge in [0.25, 0.3) is 0 Å². The first-order chi connectivity index (χ1) is 12.2. The van der Waals surface area contributed by atoms with Gasteiger partial charge in [-0.2, -0.15) is 4.98 Å². The van der Waals surface area contributed by atoms with Gasteiger partial charge in [0.1, 0.15) is 5.65 Å². The van der Waals surface area contributed by atoms with Crippen molar-refractivity contribution in [3.05, 3.63) is 48.3 Å². The van der Waals surface area contributed by atoms with Crippen LogP contribution < -0.4 is 5.32 Å². The van der Waals surface area contributed by atoms with E-state index in [2.05, 4.69) is 72.2 Å². The van der Waals surface area contributed by atoms with Crippen molar-refractivity contribution in [2.45, 2.75) is 58.9 Å². The fourth-order valence-electron chi connectivity index (χ4n) is 3.29. The van der Waals surface area contributed by atoms with Gasteiger partial charge in [-0.25, -0.2) is 4.98 Å². The maximum atomic E-state index is 4.78. The molecule has 0 saturated heterocycles. The van der Waals surface area contributed by atoms with Crippen LogP contribution in [0.1, 0.15) is 58.1 Å². The second-order valence-corrected chi connectivity index (χ2v) is 6.59. The SMILES string of the molecule is CCCCc1cccc(Nc2ncc3ccn(C(CC)CC)c3n2)c1. The van der Waals surface area contributed by atoms with Gasteiger partial charge in [0.2, 0.25) is 5.95 Å². The third kappa shape index (κ3) is 4.01. The minimum absolute atomic E-state index is 0.484. The van der Waals surface area contributed by atoms with Crippen LogP contribution in [0.2, 0.25) is 0 Å². The number of rotatable bonds is 8. The summed E-state index contributed by atoms with van der Waals surface area (Å²) < 4.78 is 2.28. The lowest BCUT2D eigenvalue weighted by Crippen LogP contribution is -2.07. The van der Waals surface area contributed by atoms with Gasteiger partial charge in [0, 0.05) is 29.5 Å². The van der Waals surface area contributed by atoms with Gasteiger partial charge in [-0.15, -0.1) is 0 Å². The highest BCUT2D eigenvalue weighted by molar-refractivity contribution is 5.77. The van der Waals surface area contributed by atoms with Crippen LogP contribution in [0.3, 0.4) is 0 Å². The molecule has 0 bridgehead atoms. The molecule has 0 amide bonds. The summed E-state index contributed by atoms with van der Waals surface area (Å²) in [6.45, 7) is 6.67. The van der Waals surface area contributed by atoms with Gasteiger partial charge in [-0.05, 0) is 49.4 Å². The van der Waals surface area contributed by atoms with Crippen molar-refractivity contribution in [3.8, 4) is 0 Å². The van der Waals surface area contributed by atoms with E-state index in [0.29, 0.717) is 12.0 Å². The zero-order valence-electron chi connectivity index (χ0n) is 15.5. The molecule has 132 valence electrons. The molecule has 0 atom stereocenters. The number of hydrogen-bond donors (Lipinski definition) is 1. The number of benzene rings is 1. The van der Waals surface area contributed by atoms with Crippen LogP contribution in [0.25, 0.3) is 11.0 Å². The van der Waals surface area contributed by atoms with E-state index in [0.717, 1.165) is 36.0 Å². The van der Waals surface area contributed by atoms with E-state index < -0.39 is 0 Å². The van der Waals surface area contributed by atoms with Crippen molar-refractivity contribution in [1.29, 1.82) is 0 Å². The van der Waals surface area contributed by atoms with Gasteiger partial charge in [-0.1, -0.05) is 39.3 Å². The molecule has 0 aliphatic heterocycles. The van der Waals surface area contributed by atoms with Crippen molar-refractivity contribution < 1.29 is 0 Å². The molecule has 0 saturated carbocycles. The molecular formula is C21H28N4. The maximum Gasteiger partial charge on any atom is 0.229 e. The zero-order chi connectivity index (χ0) is 17.6. The van der Waals surface area contributed by atoms with E-state index >= 15 is 0 Å². The van der Waals surface area contributed by atoms with Crippen LogP contribution >= 0.6 is 0 Å². The van der Waals surface area contributed by atoms with Crippen LogP contribution in [-0.4, -0.2) is 14.5 Å². The lowest BCUT2D eigenvalue weighted by atomic mass is 10.1. The van der Waals surface area contributed by atoms with E-state index in [9.17, 15) is 0 Å². The Morgan fingerprint density at radius 1 is 1.12 bits per heavy atom. The standard InChI is InChI=1S/C21H28N4/c1-4-7-9-16-10-8-11-18(14-16)23-21-22-15-17-12-13-25(20(17)24-21)19(5-2)6-3/h8,10-15,19H,4-7,9H2,1-3H3,(H,22,23,24). The molecule has 2 heterocycles. The molecule has 1 aromatic carbocycles. The van der Waals surface area contributed by atoms with Gasteiger partial charge < -0.3 is 9.88 Å². The summed E-state index contributed by atoms with van der Waals surface area (Å²) in [5.74, 6) is 0.658. The number of aryl methyl sites for hydroxylation is 1. The molecule has 3 rings (SSSR count). The van der Waals surface area contributed by atoms with E-state index in [-0.39, 0.29) is 0 Å². The van der Waals surface area contributed by atoms with Gasteiger partial charge in [-0.3, -0.25) is 0 Å². The smallest absolute Gasteiger partial charge is 0.229 e. The summed E-state index contributed by atoms with van der Waals surface area (Å²) in [5, 5.41) is 4.46. The number of unbranched alkanes of at least 4 members (excludes halogenated alkanes) is 1. The third-order valence-electron chi connectivity index (χ3n) is 4.79. The van der Waals surface area contributed by atoms with Crippen LogP contribution in [0.5, 0.6) is 0 Å². The fraction of sp³-hybridized carbons (Fsp3) is 0.429. The normalized spacial score (nSPS) is 11.4. The molecule has 0 radical (unpaired) electrons. The Hall–Kier alpha value is -2.36. The Labute approximate surface area is 150 Å². The largest absolute Gasteiger partial charge is 0.329 e. The van der Waals surface area contributed by atoms with Gasteiger partial charge >= 0.3 is 0 Å². The zero-order valence-corrected chi connectivity index (χ0v) is 15.5. The summed E-state index contributed by atoms with van der Waals surface area (Å²) in [7, 11) is 0. The Balaban J connectivity index is 1.85. The first-order valence-corrected chi connectivity index (χ1v) is 9.44. The highest BCUT2D eigenvalue weighted by atomic mass is 15.1. The molecule has 0 aliphatic rings. The lowest BCUT2D eigenvalue weighted by molar-refractivity contribution is 0.483. The number of anilines is 2. The third-order valence-corrected chi connectivity index (χ3v) is 4.79. The van der Waals surface area contributed by atoms with Crippen molar-refractivity contribution in [3.63, 3.8) is 0 Å². The number of nitrogens with one attached hydrogen (secondary N) is 1. The summed E-state index contributed by atoms with van der Waals surface area (Å²) in [6.07, 6.45) is 9.79. The first kappa shape index (κ1) is 17.5. The topological polar surface area (TPSA) is 42.7 Å². The van der Waals surface area contributed by atoms with E-state index in [1.165, 1.54) is 18.4 Å². The Kier molecular flexibility index (Phi) is 5.69. The van der Waals surface area contributed by atoms with Gasteiger partial charge in [0.05, 0.1) is 0 Å². The second kappa shape index (κ2) is 8.15. The molecule has 4 heteroatoms. The monoisotopic (exact) mass is 336 g/mol. The summed E-state index contributed by atoms with van der Waals surface area (Å²) >= 11 is 0. The molecule has 4 nitrogen and oxygen atoms in total. The summed E-state index contributed by atoms with van der Waals surface area (Å²) in [6, 6.07) is 11.1. The Morgan fingerprint density at radius 3 is 2.72 bits per heavy atom. The Bertz CT molecular complexity index is 818. The number of aromatic nitrogens is 3. The molecule has 0 spiro atoms. The predicted octanol–water partition coefficient (Wildman–Crippen LogP) is 5.88. The Morgan fingerprint density at radius 2 is 1.96 bits per heavy atom. The summed E-state index contributed by atoms with van der Waals surface area (Å²) in [5.41, 5.74) is 3.41. The van der Waals surface area contributed by atoms with Crippen molar-refractivity contribution in [2.24, 2.45) is 0 Å². The molecular weight excluding hydrogens is 308 g/mol. The highest BCUT2D eigenvalue weighted by Crippen LogP contribution is 2.24. The minimum Gasteiger partial charge on any atom is -0.329 e. The van der Waals surface area contributed by atoms with Crippen LogP contribution in [0.4, 0.5) is 11.6 Å². The number of hydrogen-bond acceptors (Lipinski definition) is 3. The van der Waals surface area contributed by atoms with Crippen LogP contribution in [0.15, 0.2) is 42.7 Å². The molecule has 0 fully saturated rings. The number of fused-ring (bicyclic) bond motifs is 1. The fourth-order valence-corrected chi connectivity index (χ4v) is 3.29. The second-order valence-electron chi connectivity index (χ2n) is 6.59. The van der Waals surface area contributed by atoms with Crippen molar-refractivity contribution in [1.82, 2.24) is 14.5 Å². The van der Waals surface area contributed by atoms with Crippen LogP contribution in [-0.2, 0) is 6.42 Å². The van der Waals surface area contributed by atoms with E-state index in [4.69, 9.17) is 4.98 Å². The number of nitrogens with zero attached hydrogens (tertiary/aromatic N) is 3. The average Bonchev–Trinajstić information content (AvgIpc) is 3.05. The average molecular weight is 336 g/mol. The van der Waals surface area contributed by atoms with Crippen molar-refractivity contribution in [2.75, 3.05) is 5.32 Å². The molecule has 3 aromatic rings. The van der Waals surface area contributed by atoms with E-state index in [1.54, 1.807) is 0 Å². The first-order valence-electron chi connectivity index (χ1n) is 9.44. The molecule has 1 N–H and O–H groups in total. The van der Waals surface area contributed by atoms with E-state index in [1.807, 2.05) is 6.20 Å². The molecule has 25 heavy (non-hydrogen) atoms. The molecule has 0 unspecified atom stereocenters. The lowest BCUT2D eigenvalue weighted by Gasteiger charge is -2.16. The van der Waals surface area contributed by atoms with Crippen molar-refractivity contribution >= 4 is 22.7 Å². The van der Waals surface area contributed by atoms with Gasteiger partial charge in [0.15, 0.2) is 0 Å². The molecule has 2 aromatic heterocycles. The quantitative estimate of drug-likeness (QED) is 0.558. The predicted molar refractivity (Wildman–Crippen MR) is 105 cm³/mol.